The molecule has 3 heterocycles. The maximum atomic E-state index is 12.2. The van der Waals surface area contributed by atoms with Crippen molar-refractivity contribution in [3.8, 4) is 0 Å². The van der Waals surface area contributed by atoms with Crippen LogP contribution in [0.2, 0.25) is 0 Å². The third-order valence-electron chi connectivity index (χ3n) is 4.50. The number of carbonyl (C=O) groups excluding carboxylic acids is 1. The Morgan fingerprint density at radius 1 is 1.48 bits per heavy atom. The lowest BCUT2D eigenvalue weighted by Crippen LogP contribution is -2.57. The standard InChI is InChI=1S/C16H25N3O2/c1-15(2,3)21-14(20)19-8-6-16(11-19)10-17-13(16)12-5-7-18(4)9-12/h5,7,9,13,17H,6,8,10-11H2,1-4H3/t13-,16-/m0/s1. The van der Waals surface area contributed by atoms with Crippen LogP contribution in [0, 0.1) is 5.41 Å². The van der Waals surface area contributed by atoms with E-state index in [4.69, 9.17) is 4.74 Å². The van der Waals surface area contributed by atoms with Crippen LogP contribution >= 0.6 is 0 Å². The summed E-state index contributed by atoms with van der Waals surface area (Å²) in [6, 6.07) is 2.51. The molecule has 5 heteroatoms. The second-order valence-electron chi connectivity index (χ2n) is 7.44. The van der Waals surface area contributed by atoms with E-state index in [2.05, 4.69) is 28.3 Å². The number of hydrogen-bond acceptors (Lipinski definition) is 3. The van der Waals surface area contributed by atoms with E-state index in [1.165, 1.54) is 5.56 Å². The molecule has 0 aliphatic carbocycles. The van der Waals surface area contributed by atoms with Crippen LogP contribution in [0.25, 0.3) is 0 Å². The van der Waals surface area contributed by atoms with Gasteiger partial charge in [-0.15, -0.1) is 0 Å². The normalized spacial score (nSPS) is 28.8. The van der Waals surface area contributed by atoms with Crippen LogP contribution in [0.3, 0.4) is 0 Å². The molecule has 5 nitrogen and oxygen atoms in total. The van der Waals surface area contributed by atoms with Crippen molar-refractivity contribution in [3.05, 3.63) is 24.0 Å². The van der Waals surface area contributed by atoms with Crippen molar-refractivity contribution in [2.45, 2.75) is 38.8 Å². The quantitative estimate of drug-likeness (QED) is 0.863. The van der Waals surface area contributed by atoms with Gasteiger partial charge in [0, 0.05) is 50.5 Å². The fraction of sp³-hybridized carbons (Fsp3) is 0.688. The second-order valence-corrected chi connectivity index (χ2v) is 7.44. The molecule has 116 valence electrons. The molecule has 1 spiro atoms. The van der Waals surface area contributed by atoms with Crippen molar-refractivity contribution in [3.63, 3.8) is 0 Å². The van der Waals surface area contributed by atoms with E-state index in [1.54, 1.807) is 0 Å². The first kappa shape index (κ1) is 14.4. The molecule has 1 aromatic rings. The number of likely N-dealkylation sites (tertiary alicyclic amines) is 1. The molecule has 1 amide bonds. The summed E-state index contributed by atoms with van der Waals surface area (Å²) in [6.07, 6.45) is 5.09. The summed E-state index contributed by atoms with van der Waals surface area (Å²) in [6.45, 7) is 8.29. The van der Waals surface area contributed by atoms with Gasteiger partial charge in [0.2, 0.25) is 0 Å². The first-order chi connectivity index (χ1) is 9.79. The van der Waals surface area contributed by atoms with Gasteiger partial charge in [-0.3, -0.25) is 0 Å². The topological polar surface area (TPSA) is 46.5 Å². The van der Waals surface area contributed by atoms with E-state index in [-0.39, 0.29) is 11.5 Å². The number of rotatable bonds is 1. The van der Waals surface area contributed by atoms with E-state index in [0.717, 1.165) is 26.1 Å². The first-order valence-corrected chi connectivity index (χ1v) is 7.62. The van der Waals surface area contributed by atoms with Gasteiger partial charge >= 0.3 is 6.09 Å². The number of ether oxygens (including phenoxy) is 1. The highest BCUT2D eigenvalue weighted by Crippen LogP contribution is 2.48. The Hall–Kier alpha value is -1.49. The zero-order valence-electron chi connectivity index (χ0n) is 13.3. The van der Waals surface area contributed by atoms with Crippen molar-refractivity contribution in [1.82, 2.24) is 14.8 Å². The van der Waals surface area contributed by atoms with Crippen LogP contribution in [0.15, 0.2) is 18.5 Å². The Morgan fingerprint density at radius 3 is 2.76 bits per heavy atom. The summed E-state index contributed by atoms with van der Waals surface area (Å²) in [7, 11) is 2.04. The number of hydrogen-bond donors (Lipinski definition) is 1. The van der Waals surface area contributed by atoms with Gasteiger partial charge in [0.1, 0.15) is 5.60 Å². The third-order valence-corrected chi connectivity index (χ3v) is 4.50. The Bertz CT molecular complexity index is 546. The minimum atomic E-state index is -0.427. The molecule has 0 bridgehead atoms. The van der Waals surface area contributed by atoms with Crippen LogP contribution in [-0.4, -0.2) is 40.8 Å². The van der Waals surface area contributed by atoms with Crippen LogP contribution in [0.5, 0.6) is 0 Å². The Morgan fingerprint density at radius 2 is 2.24 bits per heavy atom. The molecule has 3 rings (SSSR count). The van der Waals surface area contributed by atoms with E-state index >= 15 is 0 Å². The minimum absolute atomic E-state index is 0.179. The molecule has 2 aliphatic heterocycles. The van der Waals surface area contributed by atoms with Gasteiger partial charge in [0.15, 0.2) is 0 Å². The van der Waals surface area contributed by atoms with Gasteiger partial charge in [-0.25, -0.2) is 4.79 Å². The zero-order chi connectivity index (χ0) is 15.3. The molecule has 2 saturated heterocycles. The minimum Gasteiger partial charge on any atom is -0.444 e. The van der Waals surface area contributed by atoms with Gasteiger partial charge in [-0.1, -0.05) is 0 Å². The molecular formula is C16H25N3O2. The summed E-state index contributed by atoms with van der Waals surface area (Å²) >= 11 is 0. The molecule has 1 N–H and O–H groups in total. The number of carbonyl (C=O) groups is 1. The number of nitrogens with zero attached hydrogens (tertiary/aromatic N) is 2. The number of nitrogens with one attached hydrogen (secondary N) is 1. The summed E-state index contributed by atoms with van der Waals surface area (Å²) in [5.41, 5.74) is 1.07. The lowest BCUT2D eigenvalue weighted by Gasteiger charge is -2.48. The van der Waals surface area contributed by atoms with Crippen molar-refractivity contribution < 1.29 is 9.53 Å². The molecular weight excluding hydrogens is 266 g/mol. The maximum Gasteiger partial charge on any atom is 0.410 e. The molecule has 0 saturated carbocycles. The Balaban J connectivity index is 1.67. The molecule has 0 aromatic carbocycles. The highest BCUT2D eigenvalue weighted by Gasteiger charge is 2.52. The third kappa shape index (κ3) is 2.67. The highest BCUT2D eigenvalue weighted by atomic mass is 16.6. The summed E-state index contributed by atoms with van der Waals surface area (Å²) in [4.78, 5) is 14.1. The maximum absolute atomic E-state index is 12.2. The molecule has 0 radical (unpaired) electrons. The summed E-state index contributed by atoms with van der Waals surface area (Å²) in [5, 5.41) is 3.52. The first-order valence-electron chi connectivity index (χ1n) is 7.62. The second kappa shape index (κ2) is 4.77. The zero-order valence-corrected chi connectivity index (χ0v) is 13.3. The van der Waals surface area contributed by atoms with E-state index in [9.17, 15) is 4.79 Å². The molecule has 21 heavy (non-hydrogen) atoms. The van der Waals surface area contributed by atoms with Gasteiger partial charge in [0.25, 0.3) is 0 Å². The van der Waals surface area contributed by atoms with Crippen LogP contribution in [-0.2, 0) is 11.8 Å². The molecule has 2 atom stereocenters. The van der Waals surface area contributed by atoms with Gasteiger partial charge in [-0.2, -0.15) is 0 Å². The van der Waals surface area contributed by atoms with Crippen molar-refractivity contribution >= 4 is 6.09 Å². The van der Waals surface area contributed by atoms with E-state index in [1.807, 2.05) is 32.7 Å². The van der Waals surface area contributed by atoms with Gasteiger partial charge in [0.05, 0.1) is 0 Å². The molecule has 0 unspecified atom stereocenters. The number of amides is 1. The summed E-state index contributed by atoms with van der Waals surface area (Å²) in [5.74, 6) is 0. The van der Waals surface area contributed by atoms with Crippen LogP contribution in [0.1, 0.15) is 38.8 Å². The largest absolute Gasteiger partial charge is 0.444 e. The molecule has 1 aromatic heterocycles. The Kier molecular flexibility index (Phi) is 3.28. The number of aromatic nitrogens is 1. The molecule has 2 fully saturated rings. The van der Waals surface area contributed by atoms with Crippen molar-refractivity contribution in [1.29, 1.82) is 0 Å². The lowest BCUT2D eigenvalue weighted by molar-refractivity contribution is 0.0216. The van der Waals surface area contributed by atoms with Gasteiger partial charge in [-0.05, 0) is 38.8 Å². The monoisotopic (exact) mass is 291 g/mol. The van der Waals surface area contributed by atoms with Crippen molar-refractivity contribution in [2.75, 3.05) is 19.6 Å². The van der Waals surface area contributed by atoms with Crippen molar-refractivity contribution in [2.24, 2.45) is 12.5 Å². The SMILES string of the molecule is Cn1ccc([C@@H]2NC[C@]23CCN(C(=O)OC(C)(C)C)C3)c1. The van der Waals surface area contributed by atoms with Crippen LogP contribution < -0.4 is 5.32 Å². The molecule has 2 aliphatic rings. The highest BCUT2D eigenvalue weighted by molar-refractivity contribution is 5.68. The lowest BCUT2D eigenvalue weighted by atomic mass is 9.70. The summed E-state index contributed by atoms with van der Waals surface area (Å²) < 4.78 is 7.56. The average molecular weight is 291 g/mol. The fourth-order valence-corrected chi connectivity index (χ4v) is 3.42. The fourth-order valence-electron chi connectivity index (χ4n) is 3.42. The van der Waals surface area contributed by atoms with Gasteiger partial charge < -0.3 is 19.5 Å². The number of aryl methyl sites for hydroxylation is 1. The predicted octanol–water partition coefficient (Wildman–Crippen LogP) is 2.30. The average Bonchev–Trinajstić information content (AvgIpc) is 2.94. The van der Waals surface area contributed by atoms with E-state index < -0.39 is 5.60 Å². The van der Waals surface area contributed by atoms with E-state index in [0.29, 0.717) is 6.04 Å². The smallest absolute Gasteiger partial charge is 0.410 e. The Labute approximate surface area is 126 Å². The predicted molar refractivity (Wildman–Crippen MR) is 81.0 cm³/mol. The van der Waals surface area contributed by atoms with Crippen LogP contribution in [0.4, 0.5) is 4.79 Å².